The van der Waals surface area contributed by atoms with Crippen LogP contribution in [0, 0.1) is 0 Å². The van der Waals surface area contributed by atoms with Crippen LogP contribution in [-0.2, 0) is 9.53 Å². The van der Waals surface area contributed by atoms with Crippen molar-refractivity contribution in [1.29, 1.82) is 0 Å². The van der Waals surface area contributed by atoms with Crippen LogP contribution < -0.4 is 14.2 Å². The number of aliphatic imine (C=N–C) groups is 1. The van der Waals surface area contributed by atoms with Gasteiger partial charge in [0.1, 0.15) is 45.1 Å². The van der Waals surface area contributed by atoms with Crippen LogP contribution in [0.2, 0.25) is 0 Å². The van der Waals surface area contributed by atoms with Gasteiger partial charge in [-0.1, -0.05) is 25.6 Å². The summed E-state index contributed by atoms with van der Waals surface area (Å²) in [6.07, 6.45) is 3.99. The zero-order valence-corrected chi connectivity index (χ0v) is 29.3. The molecule has 0 aliphatic heterocycles. The van der Waals surface area contributed by atoms with Gasteiger partial charge in [-0.2, -0.15) is 0 Å². The van der Waals surface area contributed by atoms with Crippen molar-refractivity contribution in [3.05, 3.63) is 95.5 Å². The van der Waals surface area contributed by atoms with Gasteiger partial charge in [0.25, 0.3) is 0 Å². The predicted molar refractivity (Wildman–Crippen MR) is 188 cm³/mol. The van der Waals surface area contributed by atoms with Crippen LogP contribution in [0.5, 0.6) is 17.2 Å². The molecule has 3 aromatic carbocycles. The summed E-state index contributed by atoms with van der Waals surface area (Å²) in [7, 11) is 0. The Morgan fingerprint density at radius 3 is 2.23 bits per heavy atom. The van der Waals surface area contributed by atoms with Crippen molar-refractivity contribution in [3.63, 3.8) is 0 Å². The van der Waals surface area contributed by atoms with E-state index in [9.17, 15) is 9.59 Å². The second kappa shape index (κ2) is 14.5. The first-order valence-electron chi connectivity index (χ1n) is 15.6. The molecule has 4 aromatic rings. The number of para-hydroxylation sites is 1. The third-order valence-corrected chi connectivity index (χ3v) is 8.00. The summed E-state index contributed by atoms with van der Waals surface area (Å²) in [5, 5.41) is 0.908. The van der Waals surface area contributed by atoms with E-state index in [1.165, 1.54) is 0 Å². The number of hydrogen-bond acceptors (Lipinski definition) is 9. The molecular weight excluding hydrogens is 612 g/mol. The highest BCUT2D eigenvalue weighted by atomic mass is 32.1. The van der Waals surface area contributed by atoms with E-state index in [2.05, 4.69) is 19.6 Å². The van der Waals surface area contributed by atoms with Crippen molar-refractivity contribution in [2.45, 2.75) is 91.1 Å². The number of ether oxygens (including phenoxy) is 4. The highest BCUT2D eigenvalue weighted by Crippen LogP contribution is 2.33. The molecule has 0 fully saturated rings. The summed E-state index contributed by atoms with van der Waals surface area (Å²) < 4.78 is 24.8. The first-order chi connectivity index (χ1) is 22.1. The van der Waals surface area contributed by atoms with Crippen LogP contribution in [0.3, 0.4) is 0 Å². The molecule has 0 saturated carbocycles. The van der Waals surface area contributed by atoms with Crippen molar-refractivity contribution in [1.82, 2.24) is 4.98 Å². The lowest BCUT2D eigenvalue weighted by Crippen LogP contribution is -2.40. The van der Waals surface area contributed by atoms with E-state index in [0.717, 1.165) is 27.7 Å². The smallest absolute Gasteiger partial charge is 0.343 e. The van der Waals surface area contributed by atoms with E-state index in [0.29, 0.717) is 34.8 Å². The number of carbonyl (C=O) groups is 2. The van der Waals surface area contributed by atoms with Crippen molar-refractivity contribution in [3.8, 4) is 17.2 Å². The zero-order chi connectivity index (χ0) is 34.4. The topological polar surface area (TPSA) is 96.3 Å². The molecule has 1 aromatic heterocycles. The standard InChI is InChI=1S/C38H44N2O6S/c1-10-29(34-40-30-14-12-13-15-32(30)47-34)39-23-26-22-28(45-37(6,7)24-38(8,9)46-33(41)11-2)20-21-31(26)43-35(42)25-16-18-27(19-17-25)44-36(3,4)5/h11-23,29H,2,10,24H2,1,3-9H3. The Bertz CT molecular complexity index is 1720. The normalized spacial score (nSPS) is 12.9. The third kappa shape index (κ3) is 10.2. The van der Waals surface area contributed by atoms with Crippen LogP contribution in [0.1, 0.15) is 95.2 Å². The number of hydrogen-bond donors (Lipinski definition) is 0. The molecule has 9 heteroatoms. The molecule has 0 N–H and O–H groups in total. The predicted octanol–water partition coefficient (Wildman–Crippen LogP) is 9.32. The molecule has 0 saturated heterocycles. The number of aromatic nitrogens is 1. The average molecular weight is 657 g/mol. The fourth-order valence-corrected chi connectivity index (χ4v) is 6.33. The summed E-state index contributed by atoms with van der Waals surface area (Å²) >= 11 is 1.62. The van der Waals surface area contributed by atoms with Gasteiger partial charge in [-0.05, 0) is 109 Å². The Kier molecular flexibility index (Phi) is 10.9. The van der Waals surface area contributed by atoms with Crippen LogP contribution in [0.4, 0.5) is 0 Å². The lowest BCUT2D eigenvalue weighted by atomic mass is 9.92. The van der Waals surface area contributed by atoms with Crippen molar-refractivity contribution < 1.29 is 28.5 Å². The maximum Gasteiger partial charge on any atom is 0.343 e. The molecule has 0 aliphatic carbocycles. The number of nitrogens with zero attached hydrogens (tertiary/aromatic N) is 2. The minimum Gasteiger partial charge on any atom is -0.488 e. The summed E-state index contributed by atoms with van der Waals surface area (Å²) in [4.78, 5) is 34.8. The highest BCUT2D eigenvalue weighted by Gasteiger charge is 2.33. The summed E-state index contributed by atoms with van der Waals surface area (Å²) in [5.41, 5.74) is 0.00925. The van der Waals surface area contributed by atoms with Gasteiger partial charge in [0.05, 0.1) is 15.8 Å². The SMILES string of the molecule is C=CC(=O)OC(C)(C)CC(C)(C)Oc1ccc(OC(=O)c2ccc(OC(C)(C)C)cc2)c(C=NC(CC)c2nc3ccccc3s2)c1. The van der Waals surface area contributed by atoms with E-state index in [1.54, 1.807) is 60.0 Å². The van der Waals surface area contributed by atoms with E-state index < -0.39 is 23.1 Å². The largest absolute Gasteiger partial charge is 0.488 e. The molecule has 1 unspecified atom stereocenters. The minimum absolute atomic E-state index is 0.187. The molecule has 0 radical (unpaired) electrons. The van der Waals surface area contributed by atoms with Crippen LogP contribution in [0.15, 0.2) is 84.4 Å². The maximum atomic E-state index is 13.3. The van der Waals surface area contributed by atoms with E-state index >= 15 is 0 Å². The summed E-state index contributed by atoms with van der Waals surface area (Å²) in [6.45, 7) is 18.9. The van der Waals surface area contributed by atoms with Crippen molar-refractivity contribution in [2.24, 2.45) is 4.99 Å². The number of rotatable bonds is 13. The van der Waals surface area contributed by atoms with E-state index in [1.807, 2.05) is 66.7 Å². The zero-order valence-electron chi connectivity index (χ0n) is 28.5. The highest BCUT2D eigenvalue weighted by molar-refractivity contribution is 7.18. The number of carbonyl (C=O) groups excluding carboxylic acids is 2. The number of benzene rings is 3. The number of fused-ring (bicyclic) bond motifs is 1. The molecule has 4 rings (SSSR count). The first kappa shape index (κ1) is 35.4. The lowest BCUT2D eigenvalue weighted by molar-refractivity contribution is -0.154. The van der Waals surface area contributed by atoms with E-state index in [4.69, 9.17) is 28.9 Å². The molecule has 1 atom stereocenters. The molecule has 0 amide bonds. The second-order valence-electron chi connectivity index (χ2n) is 13.5. The van der Waals surface area contributed by atoms with Crippen molar-refractivity contribution >= 4 is 39.7 Å². The van der Waals surface area contributed by atoms with Gasteiger partial charge in [-0.25, -0.2) is 14.6 Å². The monoisotopic (exact) mass is 656 g/mol. The number of esters is 2. The second-order valence-corrected chi connectivity index (χ2v) is 14.5. The minimum atomic E-state index is -0.798. The Labute approximate surface area is 281 Å². The van der Waals surface area contributed by atoms with Gasteiger partial charge >= 0.3 is 11.9 Å². The molecule has 1 heterocycles. The molecule has 47 heavy (non-hydrogen) atoms. The van der Waals surface area contributed by atoms with Crippen molar-refractivity contribution in [2.75, 3.05) is 0 Å². The van der Waals surface area contributed by atoms with Crippen LogP contribution >= 0.6 is 11.3 Å². The fraction of sp³-hybridized carbons (Fsp3) is 0.368. The number of thiazole rings is 1. The van der Waals surface area contributed by atoms with Crippen LogP contribution in [-0.4, -0.2) is 39.9 Å². The molecule has 0 aliphatic rings. The van der Waals surface area contributed by atoms with E-state index in [-0.39, 0.29) is 11.6 Å². The Balaban J connectivity index is 1.62. The van der Waals surface area contributed by atoms with Gasteiger partial charge in [0.15, 0.2) is 0 Å². The van der Waals surface area contributed by atoms with Gasteiger partial charge in [-0.15, -0.1) is 11.3 Å². The summed E-state index contributed by atoms with van der Waals surface area (Å²) in [5.74, 6) is 0.524. The molecular formula is C38H44N2O6S. The van der Waals surface area contributed by atoms with Gasteiger partial charge < -0.3 is 18.9 Å². The maximum absolute atomic E-state index is 13.3. The molecule has 0 spiro atoms. The Morgan fingerprint density at radius 1 is 0.915 bits per heavy atom. The lowest BCUT2D eigenvalue weighted by Gasteiger charge is -2.35. The summed E-state index contributed by atoms with van der Waals surface area (Å²) in [6, 6.07) is 19.9. The molecule has 248 valence electrons. The van der Waals surface area contributed by atoms with Gasteiger partial charge in [-0.3, -0.25) is 4.99 Å². The molecule has 0 bridgehead atoms. The van der Waals surface area contributed by atoms with Gasteiger partial charge in [0.2, 0.25) is 0 Å². The fourth-order valence-electron chi connectivity index (χ4n) is 5.23. The Hall–Kier alpha value is -4.50. The first-order valence-corrected chi connectivity index (χ1v) is 16.5. The van der Waals surface area contributed by atoms with Crippen LogP contribution in [0.25, 0.3) is 10.2 Å². The quantitative estimate of drug-likeness (QED) is 0.0612. The Morgan fingerprint density at radius 2 is 1.60 bits per heavy atom. The third-order valence-electron chi connectivity index (χ3n) is 6.86. The molecule has 8 nitrogen and oxygen atoms in total. The average Bonchev–Trinajstić information content (AvgIpc) is 3.41. The van der Waals surface area contributed by atoms with Gasteiger partial charge in [0, 0.05) is 24.3 Å².